The first-order valence-corrected chi connectivity index (χ1v) is 18.2. The molecule has 0 radical (unpaired) electrons. The second-order valence-corrected chi connectivity index (χ2v) is 14.6. The van der Waals surface area contributed by atoms with Gasteiger partial charge in [0.2, 0.25) is 0 Å². The maximum absolute atomic E-state index is 6.84. The van der Waals surface area contributed by atoms with E-state index in [4.69, 9.17) is 14.4 Å². The zero-order valence-corrected chi connectivity index (χ0v) is 29.3. The molecule has 10 aromatic rings. The zero-order valence-electron chi connectivity index (χ0n) is 29.3. The number of aromatic nitrogens is 3. The molecule has 0 bridgehead atoms. The first kappa shape index (κ1) is 29.9. The van der Waals surface area contributed by atoms with Gasteiger partial charge in [-0.15, -0.1) is 0 Å². The minimum atomic E-state index is -0.0951. The van der Waals surface area contributed by atoms with Gasteiger partial charge in [-0.3, -0.25) is 4.57 Å². The molecule has 250 valence electrons. The highest BCUT2D eigenvalue weighted by molar-refractivity contribution is 6.14. The Balaban J connectivity index is 1.14. The molecule has 3 heterocycles. The minimum absolute atomic E-state index is 0.0951. The van der Waals surface area contributed by atoms with Crippen LogP contribution in [0.15, 0.2) is 168 Å². The average molecular weight is 680 g/mol. The van der Waals surface area contributed by atoms with Gasteiger partial charge in [0.05, 0.1) is 16.7 Å². The number of rotatable bonds is 4. The third-order valence-corrected chi connectivity index (χ3v) is 11.2. The van der Waals surface area contributed by atoms with Crippen molar-refractivity contribution in [2.24, 2.45) is 0 Å². The predicted octanol–water partition coefficient (Wildman–Crippen LogP) is 12.8. The molecule has 0 saturated carbocycles. The number of hydrogen-bond donors (Lipinski definition) is 0. The predicted molar refractivity (Wildman–Crippen MR) is 218 cm³/mol. The molecule has 53 heavy (non-hydrogen) atoms. The van der Waals surface area contributed by atoms with Crippen LogP contribution in [0.2, 0.25) is 0 Å². The van der Waals surface area contributed by atoms with Gasteiger partial charge in [0, 0.05) is 49.7 Å². The summed E-state index contributed by atoms with van der Waals surface area (Å²) < 4.78 is 9.13. The Labute approximate surface area is 306 Å². The van der Waals surface area contributed by atoms with Gasteiger partial charge in [0.15, 0.2) is 5.82 Å². The molecular weight excluding hydrogens is 647 g/mol. The zero-order chi connectivity index (χ0) is 35.3. The Morgan fingerprint density at radius 1 is 0.472 bits per heavy atom. The molecule has 0 amide bonds. The average Bonchev–Trinajstić information content (AvgIpc) is 3.82. The summed E-state index contributed by atoms with van der Waals surface area (Å²) in [6.07, 6.45) is 0. The number of nitrogens with zero attached hydrogens (tertiary/aromatic N) is 3. The van der Waals surface area contributed by atoms with Crippen LogP contribution in [0.3, 0.4) is 0 Å². The lowest BCUT2D eigenvalue weighted by atomic mass is 9.82. The molecule has 0 aliphatic heterocycles. The van der Waals surface area contributed by atoms with E-state index >= 15 is 0 Å². The van der Waals surface area contributed by atoms with E-state index in [0.717, 1.165) is 66.7 Å². The van der Waals surface area contributed by atoms with Gasteiger partial charge in [0.1, 0.15) is 17.0 Å². The van der Waals surface area contributed by atoms with Crippen molar-refractivity contribution in [3.63, 3.8) is 0 Å². The fraction of sp³-hybridized carbons (Fsp3) is 0.0612. The summed E-state index contributed by atoms with van der Waals surface area (Å²) in [7, 11) is 0. The van der Waals surface area contributed by atoms with Gasteiger partial charge in [-0.05, 0) is 52.1 Å². The quantitative estimate of drug-likeness (QED) is 0.186. The second kappa shape index (κ2) is 11.1. The third-order valence-electron chi connectivity index (χ3n) is 11.2. The summed E-state index contributed by atoms with van der Waals surface area (Å²) in [5, 5.41) is 4.61. The lowest BCUT2D eigenvalue weighted by Gasteiger charge is -2.21. The van der Waals surface area contributed by atoms with Crippen LogP contribution in [0.1, 0.15) is 25.0 Å². The molecule has 4 heteroatoms. The van der Waals surface area contributed by atoms with Crippen molar-refractivity contribution in [3.05, 3.63) is 175 Å². The summed E-state index contributed by atoms with van der Waals surface area (Å²) in [4.78, 5) is 10.3. The highest BCUT2D eigenvalue weighted by Gasteiger charge is 2.36. The van der Waals surface area contributed by atoms with Crippen LogP contribution in [0, 0.1) is 0 Å². The molecule has 0 spiro atoms. The van der Waals surface area contributed by atoms with E-state index in [2.05, 4.69) is 158 Å². The fourth-order valence-corrected chi connectivity index (χ4v) is 8.63. The summed E-state index contributed by atoms with van der Waals surface area (Å²) in [5.74, 6) is 1.51. The highest BCUT2D eigenvalue weighted by Crippen LogP contribution is 2.51. The number of hydrogen-bond acceptors (Lipinski definition) is 3. The summed E-state index contributed by atoms with van der Waals surface area (Å²) in [6, 6.07) is 58.0. The van der Waals surface area contributed by atoms with Gasteiger partial charge >= 0.3 is 0 Å². The smallest absolute Gasteiger partial charge is 0.162 e. The van der Waals surface area contributed by atoms with Crippen LogP contribution in [0.25, 0.3) is 94.5 Å². The van der Waals surface area contributed by atoms with Crippen molar-refractivity contribution < 1.29 is 4.42 Å². The Kier molecular flexibility index (Phi) is 6.27. The third kappa shape index (κ3) is 4.42. The fourth-order valence-electron chi connectivity index (χ4n) is 8.63. The standard InChI is InChI=1S/C49H33N3O/c1-49(2)40-22-11-9-18-34(40)38-27-39-37-21-13-20-33(47(37)53-45(39)28-41(38)49)32-24-25-36-35-19-10-12-23-43(35)52(44(36)26-32)46-29-42(30-14-5-3-6-15-30)50-48(51-46)31-16-7-4-8-17-31/h3-29H,1-2H3. The van der Waals surface area contributed by atoms with E-state index in [1.165, 1.54) is 33.0 Å². The number of para-hydroxylation sites is 2. The van der Waals surface area contributed by atoms with Crippen molar-refractivity contribution in [2.75, 3.05) is 0 Å². The van der Waals surface area contributed by atoms with Crippen molar-refractivity contribution in [2.45, 2.75) is 19.3 Å². The lowest BCUT2D eigenvalue weighted by molar-refractivity contribution is 0.648. The first-order valence-electron chi connectivity index (χ1n) is 18.2. The van der Waals surface area contributed by atoms with Crippen molar-refractivity contribution in [3.8, 4) is 50.7 Å². The molecular formula is C49H33N3O. The normalized spacial score (nSPS) is 13.2. The maximum Gasteiger partial charge on any atom is 0.162 e. The molecule has 0 unspecified atom stereocenters. The SMILES string of the molecule is CC1(C)c2ccccc2-c2cc3c(cc21)oc1c(-c2ccc4c5ccccc5n(-c5cc(-c6ccccc6)nc(-c6ccccc6)n5)c4c2)cccc13. The highest BCUT2D eigenvalue weighted by atomic mass is 16.3. The molecule has 11 rings (SSSR count). The Bertz CT molecular complexity index is 3020. The Hall–Kier alpha value is -6.78. The molecule has 3 aromatic heterocycles. The largest absolute Gasteiger partial charge is 0.455 e. The molecule has 0 saturated heterocycles. The van der Waals surface area contributed by atoms with Gasteiger partial charge < -0.3 is 4.42 Å². The van der Waals surface area contributed by atoms with E-state index in [-0.39, 0.29) is 5.41 Å². The van der Waals surface area contributed by atoms with E-state index in [1.807, 2.05) is 24.3 Å². The summed E-state index contributed by atoms with van der Waals surface area (Å²) in [5.41, 5.74) is 14.2. The van der Waals surface area contributed by atoms with Crippen molar-refractivity contribution >= 4 is 43.7 Å². The van der Waals surface area contributed by atoms with Gasteiger partial charge in [-0.1, -0.05) is 147 Å². The lowest BCUT2D eigenvalue weighted by Crippen LogP contribution is -2.14. The molecule has 7 aromatic carbocycles. The van der Waals surface area contributed by atoms with Crippen LogP contribution in [0.4, 0.5) is 0 Å². The first-order chi connectivity index (χ1) is 26.0. The van der Waals surface area contributed by atoms with Crippen molar-refractivity contribution in [1.82, 2.24) is 14.5 Å². The van der Waals surface area contributed by atoms with Gasteiger partial charge in [-0.25, -0.2) is 9.97 Å². The monoisotopic (exact) mass is 679 g/mol. The Morgan fingerprint density at radius 2 is 1.17 bits per heavy atom. The topological polar surface area (TPSA) is 43.9 Å². The van der Waals surface area contributed by atoms with E-state index in [1.54, 1.807) is 0 Å². The van der Waals surface area contributed by atoms with Crippen LogP contribution in [-0.4, -0.2) is 14.5 Å². The van der Waals surface area contributed by atoms with Gasteiger partial charge in [0.25, 0.3) is 0 Å². The van der Waals surface area contributed by atoms with Crippen LogP contribution < -0.4 is 0 Å². The minimum Gasteiger partial charge on any atom is -0.455 e. The molecule has 0 fully saturated rings. The molecule has 0 N–H and O–H groups in total. The number of fused-ring (bicyclic) bond motifs is 9. The van der Waals surface area contributed by atoms with E-state index in [0.29, 0.717) is 5.82 Å². The van der Waals surface area contributed by atoms with Crippen molar-refractivity contribution in [1.29, 1.82) is 0 Å². The van der Waals surface area contributed by atoms with Crippen LogP contribution in [0.5, 0.6) is 0 Å². The number of benzene rings is 7. The van der Waals surface area contributed by atoms with E-state index < -0.39 is 0 Å². The second-order valence-electron chi connectivity index (χ2n) is 14.6. The molecule has 0 atom stereocenters. The summed E-state index contributed by atoms with van der Waals surface area (Å²) in [6.45, 7) is 4.63. The maximum atomic E-state index is 6.84. The van der Waals surface area contributed by atoms with Crippen LogP contribution in [-0.2, 0) is 5.41 Å². The summed E-state index contributed by atoms with van der Waals surface area (Å²) >= 11 is 0. The molecule has 4 nitrogen and oxygen atoms in total. The molecule has 1 aliphatic carbocycles. The molecule has 1 aliphatic rings. The van der Waals surface area contributed by atoms with Gasteiger partial charge in [-0.2, -0.15) is 0 Å². The van der Waals surface area contributed by atoms with E-state index in [9.17, 15) is 0 Å². The Morgan fingerprint density at radius 3 is 2.02 bits per heavy atom. The number of furan rings is 1. The van der Waals surface area contributed by atoms with Crippen LogP contribution >= 0.6 is 0 Å².